The molecule has 0 radical (unpaired) electrons. The molecule has 146 valence electrons. The molecule has 1 aliphatic heterocycles. The summed E-state index contributed by atoms with van der Waals surface area (Å²) >= 11 is 0. The number of hydrogen-bond acceptors (Lipinski definition) is 3. The second-order valence-electron chi connectivity index (χ2n) is 7.14. The van der Waals surface area contributed by atoms with E-state index in [0.717, 1.165) is 5.56 Å². The number of aryl methyl sites for hydroxylation is 1. The van der Waals surface area contributed by atoms with Crippen LogP contribution < -0.4 is 5.32 Å². The third kappa shape index (κ3) is 4.76. The highest BCUT2D eigenvalue weighted by Crippen LogP contribution is 2.15. The molecule has 2 N–H and O–H groups in total. The van der Waals surface area contributed by atoms with Crippen LogP contribution in [0.2, 0.25) is 0 Å². The normalized spacial score (nSPS) is 14.5. The predicted octanol–water partition coefficient (Wildman–Crippen LogP) is 2.66. The largest absolute Gasteiger partial charge is 0.478 e. The van der Waals surface area contributed by atoms with E-state index in [1.165, 1.54) is 6.07 Å². The molecule has 0 unspecified atom stereocenters. The number of carbonyl (C=O) groups is 3. The van der Waals surface area contributed by atoms with Gasteiger partial charge in [-0.2, -0.15) is 0 Å². The van der Waals surface area contributed by atoms with E-state index in [0.29, 0.717) is 37.1 Å². The quantitative estimate of drug-likeness (QED) is 0.835. The van der Waals surface area contributed by atoms with Crippen molar-refractivity contribution in [1.82, 2.24) is 10.2 Å². The Labute approximate surface area is 164 Å². The number of nitrogens with zero attached hydrogens (tertiary/aromatic N) is 1. The summed E-state index contributed by atoms with van der Waals surface area (Å²) in [6.07, 6.45) is 1.40. The van der Waals surface area contributed by atoms with E-state index in [1.54, 1.807) is 18.2 Å². The van der Waals surface area contributed by atoms with Crippen LogP contribution in [-0.4, -0.2) is 46.9 Å². The first-order chi connectivity index (χ1) is 13.4. The zero-order valence-corrected chi connectivity index (χ0v) is 15.9. The standard InChI is InChI=1S/C22H24N2O4/c1-15-6-8-16(9-7-15)21(26)24-12-10-18(11-13-24)23-20(25)14-17-4-2-3-5-19(17)22(27)28/h2-9,18H,10-14H2,1H3,(H,23,25)(H,27,28). The molecule has 1 fully saturated rings. The number of piperidine rings is 1. The van der Waals surface area contributed by atoms with Crippen LogP contribution in [0.15, 0.2) is 48.5 Å². The van der Waals surface area contributed by atoms with Crippen LogP contribution in [0.1, 0.15) is 44.7 Å². The maximum atomic E-state index is 12.6. The van der Waals surface area contributed by atoms with E-state index in [1.807, 2.05) is 36.1 Å². The fourth-order valence-corrected chi connectivity index (χ4v) is 3.44. The molecule has 2 amide bonds. The predicted molar refractivity (Wildman–Crippen MR) is 105 cm³/mol. The number of aromatic carboxylic acids is 1. The number of carbonyl (C=O) groups excluding carboxylic acids is 2. The minimum atomic E-state index is -1.04. The zero-order chi connectivity index (χ0) is 20.1. The monoisotopic (exact) mass is 380 g/mol. The average Bonchev–Trinajstić information content (AvgIpc) is 2.69. The molecular formula is C22H24N2O4. The molecule has 1 saturated heterocycles. The van der Waals surface area contributed by atoms with Crippen molar-refractivity contribution in [2.75, 3.05) is 13.1 Å². The third-order valence-corrected chi connectivity index (χ3v) is 5.04. The number of rotatable bonds is 5. The molecule has 3 rings (SSSR count). The Kier molecular flexibility index (Phi) is 6.09. The first kappa shape index (κ1) is 19.6. The van der Waals surface area contributed by atoms with Crippen molar-refractivity contribution in [3.8, 4) is 0 Å². The summed E-state index contributed by atoms with van der Waals surface area (Å²) in [6, 6.07) is 14.1. The van der Waals surface area contributed by atoms with Gasteiger partial charge >= 0.3 is 5.97 Å². The summed E-state index contributed by atoms with van der Waals surface area (Å²) in [6.45, 7) is 3.16. The Balaban J connectivity index is 1.51. The van der Waals surface area contributed by atoms with E-state index >= 15 is 0 Å². The molecular weight excluding hydrogens is 356 g/mol. The lowest BCUT2D eigenvalue weighted by Crippen LogP contribution is -2.47. The summed E-state index contributed by atoms with van der Waals surface area (Å²) in [7, 11) is 0. The maximum Gasteiger partial charge on any atom is 0.335 e. The van der Waals surface area contributed by atoms with Crippen LogP contribution in [0, 0.1) is 6.92 Å². The summed E-state index contributed by atoms with van der Waals surface area (Å²) in [4.78, 5) is 38.0. The van der Waals surface area contributed by atoms with Gasteiger partial charge in [0, 0.05) is 24.7 Å². The van der Waals surface area contributed by atoms with Gasteiger partial charge in [-0.3, -0.25) is 9.59 Å². The van der Waals surface area contributed by atoms with Crippen LogP contribution in [0.25, 0.3) is 0 Å². The lowest BCUT2D eigenvalue weighted by atomic mass is 10.0. The van der Waals surface area contributed by atoms with Crippen LogP contribution in [-0.2, 0) is 11.2 Å². The van der Waals surface area contributed by atoms with Crippen LogP contribution in [0.5, 0.6) is 0 Å². The van der Waals surface area contributed by atoms with Gasteiger partial charge in [-0.25, -0.2) is 4.79 Å². The van der Waals surface area contributed by atoms with Gasteiger partial charge in [0.25, 0.3) is 5.91 Å². The van der Waals surface area contributed by atoms with Crippen LogP contribution >= 0.6 is 0 Å². The Morgan fingerprint density at radius 1 is 1.04 bits per heavy atom. The Bertz CT molecular complexity index is 868. The van der Waals surface area contributed by atoms with Gasteiger partial charge in [-0.15, -0.1) is 0 Å². The van der Waals surface area contributed by atoms with Crippen molar-refractivity contribution in [1.29, 1.82) is 0 Å². The van der Waals surface area contributed by atoms with Crippen molar-refractivity contribution in [3.05, 3.63) is 70.8 Å². The highest BCUT2D eigenvalue weighted by atomic mass is 16.4. The molecule has 0 atom stereocenters. The van der Waals surface area contributed by atoms with E-state index in [-0.39, 0.29) is 29.8 Å². The fraction of sp³-hybridized carbons (Fsp3) is 0.318. The molecule has 0 spiro atoms. The molecule has 1 heterocycles. The van der Waals surface area contributed by atoms with E-state index in [4.69, 9.17) is 0 Å². The molecule has 6 heteroatoms. The number of carboxylic acid groups (broad SMARTS) is 1. The topological polar surface area (TPSA) is 86.7 Å². The maximum absolute atomic E-state index is 12.6. The first-order valence-corrected chi connectivity index (χ1v) is 9.40. The van der Waals surface area contributed by atoms with Crippen molar-refractivity contribution >= 4 is 17.8 Å². The van der Waals surface area contributed by atoms with Crippen LogP contribution in [0.4, 0.5) is 0 Å². The highest BCUT2D eigenvalue weighted by molar-refractivity contribution is 5.94. The number of amides is 2. The van der Waals surface area contributed by atoms with Crippen LogP contribution in [0.3, 0.4) is 0 Å². The average molecular weight is 380 g/mol. The number of hydrogen-bond donors (Lipinski definition) is 2. The van der Waals surface area contributed by atoms with Crippen molar-refractivity contribution in [3.63, 3.8) is 0 Å². The van der Waals surface area contributed by atoms with E-state index < -0.39 is 5.97 Å². The highest BCUT2D eigenvalue weighted by Gasteiger charge is 2.25. The van der Waals surface area contributed by atoms with E-state index in [2.05, 4.69) is 5.32 Å². The number of nitrogens with one attached hydrogen (secondary N) is 1. The second-order valence-corrected chi connectivity index (χ2v) is 7.14. The molecule has 2 aromatic rings. The van der Waals surface area contributed by atoms with Gasteiger partial charge in [-0.05, 0) is 43.5 Å². The molecule has 0 aromatic heterocycles. The fourth-order valence-electron chi connectivity index (χ4n) is 3.44. The number of likely N-dealkylation sites (tertiary alicyclic amines) is 1. The lowest BCUT2D eigenvalue weighted by Gasteiger charge is -2.32. The molecule has 1 aliphatic rings. The van der Waals surface area contributed by atoms with E-state index in [9.17, 15) is 19.5 Å². The Morgan fingerprint density at radius 2 is 1.68 bits per heavy atom. The van der Waals surface area contributed by atoms with Gasteiger partial charge < -0.3 is 15.3 Å². The third-order valence-electron chi connectivity index (χ3n) is 5.04. The molecule has 28 heavy (non-hydrogen) atoms. The molecule has 0 saturated carbocycles. The number of benzene rings is 2. The van der Waals surface area contributed by atoms with Gasteiger partial charge in [0.2, 0.25) is 5.91 Å². The zero-order valence-electron chi connectivity index (χ0n) is 15.9. The second kappa shape index (κ2) is 8.69. The van der Waals surface area contributed by atoms with Gasteiger partial charge in [0.1, 0.15) is 0 Å². The smallest absolute Gasteiger partial charge is 0.335 e. The minimum Gasteiger partial charge on any atom is -0.478 e. The van der Waals surface area contributed by atoms with Gasteiger partial charge in [0.15, 0.2) is 0 Å². The molecule has 0 aliphatic carbocycles. The SMILES string of the molecule is Cc1ccc(C(=O)N2CCC(NC(=O)Cc3ccccc3C(=O)O)CC2)cc1. The summed E-state index contributed by atoms with van der Waals surface area (Å²) in [5, 5.41) is 12.2. The summed E-state index contributed by atoms with van der Waals surface area (Å²) in [5.41, 5.74) is 2.44. The van der Waals surface area contributed by atoms with Crippen molar-refractivity contribution in [2.24, 2.45) is 0 Å². The molecule has 0 bridgehead atoms. The minimum absolute atomic E-state index is 0.00782. The lowest BCUT2D eigenvalue weighted by molar-refractivity contribution is -0.121. The first-order valence-electron chi connectivity index (χ1n) is 9.40. The van der Waals surface area contributed by atoms with Gasteiger partial charge in [0.05, 0.1) is 12.0 Å². The molecule has 2 aromatic carbocycles. The Morgan fingerprint density at radius 3 is 2.32 bits per heavy atom. The summed E-state index contributed by atoms with van der Waals surface area (Å²) in [5.74, 6) is -1.22. The molecule has 6 nitrogen and oxygen atoms in total. The van der Waals surface area contributed by atoms with Crippen molar-refractivity contribution < 1.29 is 19.5 Å². The van der Waals surface area contributed by atoms with Crippen molar-refractivity contribution in [2.45, 2.75) is 32.2 Å². The summed E-state index contributed by atoms with van der Waals surface area (Å²) < 4.78 is 0. The van der Waals surface area contributed by atoms with Gasteiger partial charge in [-0.1, -0.05) is 35.9 Å². The number of carboxylic acids is 1. The Hall–Kier alpha value is -3.15.